The molecule has 0 aliphatic carbocycles. The summed E-state index contributed by atoms with van der Waals surface area (Å²) in [5.74, 6) is -1.24. The smallest absolute Gasteiger partial charge is 0.352 e. The Labute approximate surface area is 171 Å². The number of rotatable bonds is 4. The van der Waals surface area contributed by atoms with Crippen molar-refractivity contribution in [1.82, 2.24) is 9.78 Å². The van der Waals surface area contributed by atoms with Gasteiger partial charge in [-0.1, -0.05) is 41.9 Å². The van der Waals surface area contributed by atoms with E-state index in [2.05, 4.69) is 15.7 Å². The van der Waals surface area contributed by atoms with Crippen molar-refractivity contribution in [3.8, 4) is 0 Å². The van der Waals surface area contributed by atoms with E-state index in [1.807, 2.05) is 31.2 Å². The lowest BCUT2D eigenvalue weighted by molar-refractivity contribution is -0.132. The number of fused-ring (bicyclic) bond motifs is 1. The Hall–Kier alpha value is -3.58. The summed E-state index contributed by atoms with van der Waals surface area (Å²) in [5, 5.41) is 20.0. The summed E-state index contributed by atoms with van der Waals surface area (Å²) in [4.78, 5) is 24.5. The van der Waals surface area contributed by atoms with Gasteiger partial charge in [-0.25, -0.2) is 9.48 Å². The summed E-state index contributed by atoms with van der Waals surface area (Å²) in [7, 11) is 0. The van der Waals surface area contributed by atoms with Crippen molar-refractivity contribution in [2.75, 3.05) is 10.6 Å². The average molecular weight is 409 g/mol. The summed E-state index contributed by atoms with van der Waals surface area (Å²) < 4.78 is 1.55. The number of carboxylic acid groups (broad SMARTS) is 1. The van der Waals surface area contributed by atoms with Crippen molar-refractivity contribution in [2.45, 2.75) is 13.0 Å². The molecule has 0 saturated carbocycles. The van der Waals surface area contributed by atoms with Crippen molar-refractivity contribution in [2.24, 2.45) is 0 Å². The highest BCUT2D eigenvalue weighted by Crippen LogP contribution is 2.35. The number of allylic oxidation sites excluding steroid dienone is 1. The second kappa shape index (κ2) is 7.44. The van der Waals surface area contributed by atoms with Gasteiger partial charge >= 0.3 is 5.97 Å². The van der Waals surface area contributed by atoms with E-state index in [9.17, 15) is 14.7 Å². The van der Waals surface area contributed by atoms with Crippen LogP contribution >= 0.6 is 11.6 Å². The maximum atomic E-state index is 12.8. The zero-order valence-corrected chi connectivity index (χ0v) is 16.1. The van der Waals surface area contributed by atoms with Gasteiger partial charge in [0.25, 0.3) is 5.91 Å². The zero-order valence-electron chi connectivity index (χ0n) is 15.4. The Morgan fingerprint density at radius 2 is 2.00 bits per heavy atom. The van der Waals surface area contributed by atoms with Crippen LogP contribution in [0.1, 0.15) is 27.5 Å². The van der Waals surface area contributed by atoms with Crippen LogP contribution in [-0.2, 0) is 4.79 Å². The van der Waals surface area contributed by atoms with E-state index >= 15 is 0 Å². The quantitative estimate of drug-likeness (QED) is 0.604. The number of aliphatic carboxylic acids is 1. The van der Waals surface area contributed by atoms with Gasteiger partial charge in [-0.2, -0.15) is 5.10 Å². The van der Waals surface area contributed by atoms with Crippen LogP contribution in [0.2, 0.25) is 5.02 Å². The molecule has 29 heavy (non-hydrogen) atoms. The van der Waals surface area contributed by atoms with E-state index < -0.39 is 17.9 Å². The molecule has 4 rings (SSSR count). The molecule has 1 aliphatic rings. The molecule has 1 unspecified atom stereocenters. The highest BCUT2D eigenvalue weighted by molar-refractivity contribution is 6.31. The van der Waals surface area contributed by atoms with E-state index in [1.54, 1.807) is 28.9 Å². The Bertz CT molecular complexity index is 1150. The number of aromatic nitrogens is 2. The fourth-order valence-electron chi connectivity index (χ4n) is 3.24. The number of nitrogens with zero attached hydrogens (tertiary/aromatic N) is 2. The number of carbonyl (C=O) groups excluding carboxylic acids is 1. The van der Waals surface area contributed by atoms with E-state index in [1.165, 1.54) is 12.3 Å². The number of hydrogen-bond donors (Lipinski definition) is 3. The SMILES string of the molecule is Cc1cccc(NC(=O)c2cnn3c2NC(C(=O)O)=CC3c2ccccc2Cl)c1. The van der Waals surface area contributed by atoms with E-state index in [4.69, 9.17) is 11.6 Å². The summed E-state index contributed by atoms with van der Waals surface area (Å²) >= 11 is 6.33. The first kappa shape index (κ1) is 18.8. The van der Waals surface area contributed by atoms with Gasteiger partial charge in [0.1, 0.15) is 23.1 Å². The molecule has 0 saturated heterocycles. The number of nitrogens with one attached hydrogen (secondary N) is 2. The van der Waals surface area contributed by atoms with Crippen LogP contribution in [0.3, 0.4) is 0 Å². The van der Waals surface area contributed by atoms with Crippen LogP contribution in [-0.4, -0.2) is 26.8 Å². The highest BCUT2D eigenvalue weighted by atomic mass is 35.5. The van der Waals surface area contributed by atoms with Crippen molar-refractivity contribution < 1.29 is 14.7 Å². The fourth-order valence-corrected chi connectivity index (χ4v) is 3.49. The zero-order chi connectivity index (χ0) is 20.5. The highest BCUT2D eigenvalue weighted by Gasteiger charge is 2.30. The Morgan fingerprint density at radius 3 is 2.72 bits per heavy atom. The van der Waals surface area contributed by atoms with Gasteiger partial charge in [-0.15, -0.1) is 0 Å². The first-order chi connectivity index (χ1) is 13.9. The topological polar surface area (TPSA) is 96.3 Å². The van der Waals surface area contributed by atoms with Crippen LogP contribution in [0.25, 0.3) is 0 Å². The predicted octanol–water partition coefficient (Wildman–Crippen LogP) is 4.08. The maximum absolute atomic E-state index is 12.8. The molecular weight excluding hydrogens is 392 g/mol. The molecule has 1 amide bonds. The van der Waals surface area contributed by atoms with Crippen LogP contribution in [0.5, 0.6) is 0 Å². The van der Waals surface area contributed by atoms with Gasteiger partial charge in [0.2, 0.25) is 0 Å². The number of aryl methyl sites for hydroxylation is 1. The van der Waals surface area contributed by atoms with Gasteiger partial charge in [-0.3, -0.25) is 4.79 Å². The molecule has 8 heteroatoms. The summed E-state index contributed by atoms with van der Waals surface area (Å²) in [5.41, 5.74) is 2.52. The molecule has 1 aromatic heterocycles. The summed E-state index contributed by atoms with van der Waals surface area (Å²) in [6.45, 7) is 1.93. The van der Waals surface area contributed by atoms with Crippen molar-refractivity contribution in [1.29, 1.82) is 0 Å². The van der Waals surface area contributed by atoms with Crippen LogP contribution in [0, 0.1) is 6.92 Å². The molecule has 1 atom stereocenters. The number of anilines is 2. The monoisotopic (exact) mass is 408 g/mol. The largest absolute Gasteiger partial charge is 0.477 e. The van der Waals surface area contributed by atoms with Gasteiger partial charge in [0, 0.05) is 10.7 Å². The number of hydrogen-bond acceptors (Lipinski definition) is 4. The second-order valence-corrected chi connectivity index (χ2v) is 7.06. The molecule has 3 aromatic rings. The average Bonchev–Trinajstić information content (AvgIpc) is 3.12. The number of carbonyl (C=O) groups is 2. The van der Waals surface area contributed by atoms with E-state index in [-0.39, 0.29) is 11.3 Å². The third kappa shape index (κ3) is 3.60. The second-order valence-electron chi connectivity index (χ2n) is 6.65. The van der Waals surface area contributed by atoms with Crippen molar-refractivity contribution in [3.05, 3.63) is 88.2 Å². The summed E-state index contributed by atoms with van der Waals surface area (Å²) in [6, 6.07) is 14.0. The molecule has 3 N–H and O–H groups in total. The maximum Gasteiger partial charge on any atom is 0.352 e. The molecule has 0 fully saturated rings. The minimum absolute atomic E-state index is 0.0486. The normalized spacial score (nSPS) is 15.1. The molecule has 0 radical (unpaired) electrons. The van der Waals surface area contributed by atoms with Gasteiger partial charge in [0.05, 0.1) is 6.20 Å². The van der Waals surface area contributed by atoms with Crippen molar-refractivity contribution in [3.63, 3.8) is 0 Å². The lowest BCUT2D eigenvalue weighted by atomic mass is 10.0. The minimum atomic E-state index is -1.14. The molecule has 0 spiro atoms. The molecule has 146 valence electrons. The fraction of sp³-hybridized carbons (Fsp3) is 0.0952. The number of halogens is 1. The first-order valence-electron chi connectivity index (χ1n) is 8.86. The molecule has 0 bridgehead atoms. The lowest BCUT2D eigenvalue weighted by Crippen LogP contribution is -2.25. The summed E-state index contributed by atoms with van der Waals surface area (Å²) in [6.07, 6.45) is 2.93. The van der Waals surface area contributed by atoms with Gasteiger partial charge in [0.15, 0.2) is 0 Å². The third-order valence-corrected chi connectivity index (χ3v) is 4.96. The first-order valence-corrected chi connectivity index (χ1v) is 9.24. The minimum Gasteiger partial charge on any atom is -0.477 e. The van der Waals surface area contributed by atoms with E-state index in [0.29, 0.717) is 22.1 Å². The van der Waals surface area contributed by atoms with Gasteiger partial charge < -0.3 is 15.7 Å². The molecule has 1 aliphatic heterocycles. The lowest BCUT2D eigenvalue weighted by Gasteiger charge is -2.25. The third-order valence-electron chi connectivity index (χ3n) is 4.61. The Morgan fingerprint density at radius 1 is 1.21 bits per heavy atom. The number of benzene rings is 2. The number of carboxylic acids is 1. The van der Waals surface area contributed by atoms with Crippen LogP contribution in [0.4, 0.5) is 11.5 Å². The van der Waals surface area contributed by atoms with Crippen LogP contribution in [0.15, 0.2) is 66.5 Å². The molecule has 7 nitrogen and oxygen atoms in total. The van der Waals surface area contributed by atoms with Gasteiger partial charge in [-0.05, 0) is 42.3 Å². The Balaban J connectivity index is 1.74. The number of amides is 1. The van der Waals surface area contributed by atoms with Crippen LogP contribution < -0.4 is 10.6 Å². The van der Waals surface area contributed by atoms with E-state index in [0.717, 1.165) is 5.56 Å². The predicted molar refractivity (Wildman–Crippen MR) is 110 cm³/mol. The molecule has 2 heterocycles. The standard InChI is InChI=1S/C21H17ClN4O3/c1-12-5-4-6-13(9-12)24-20(27)15-11-23-26-18(14-7-2-3-8-16(14)22)10-17(21(28)29)25-19(15)26/h2-11,18,25H,1H3,(H,24,27)(H,28,29). The molecule has 2 aromatic carbocycles. The van der Waals surface area contributed by atoms with Crippen molar-refractivity contribution >= 4 is 35.0 Å². The molecular formula is C21H17ClN4O3. The Kier molecular flexibility index (Phi) is 4.82.